The fourth-order valence-corrected chi connectivity index (χ4v) is 7.42. The van der Waals surface area contributed by atoms with Crippen LogP contribution in [0, 0.1) is 46.3 Å². The van der Waals surface area contributed by atoms with Crippen LogP contribution in [0.2, 0.25) is 0 Å². The van der Waals surface area contributed by atoms with Gasteiger partial charge in [-0.1, -0.05) is 26.2 Å². The fourth-order valence-electron chi connectivity index (χ4n) is 7.24. The third kappa shape index (κ3) is 4.08. The molecule has 0 aromatic carbocycles. The van der Waals surface area contributed by atoms with Crippen molar-refractivity contribution in [1.29, 1.82) is 0 Å². The molecule has 3 fully saturated rings. The molecule has 3 saturated carbocycles. The van der Waals surface area contributed by atoms with Gasteiger partial charge in [0.25, 0.3) is 0 Å². The maximum atomic E-state index is 13.1. The zero-order valence-electron chi connectivity index (χ0n) is 18.3. The number of hydrogen-bond donors (Lipinski definition) is 1. The van der Waals surface area contributed by atoms with Crippen molar-refractivity contribution in [3.63, 3.8) is 0 Å². The van der Waals surface area contributed by atoms with Gasteiger partial charge in [-0.05, 0) is 92.1 Å². The summed E-state index contributed by atoms with van der Waals surface area (Å²) < 4.78 is 1.91. The highest BCUT2D eigenvalue weighted by atomic mass is 35.5. The molecule has 1 aromatic heterocycles. The van der Waals surface area contributed by atoms with Crippen LogP contribution >= 0.6 is 11.6 Å². The van der Waals surface area contributed by atoms with Gasteiger partial charge >= 0.3 is 0 Å². The van der Waals surface area contributed by atoms with Crippen LogP contribution in [0.4, 0.5) is 0 Å². The van der Waals surface area contributed by atoms with Crippen LogP contribution in [0.25, 0.3) is 0 Å². The smallest absolute Gasteiger partial charge is 0.156 e. The first kappa shape index (κ1) is 21.9. The van der Waals surface area contributed by atoms with Crippen LogP contribution in [-0.2, 0) is 11.3 Å². The number of halogens is 1. The van der Waals surface area contributed by atoms with Crippen molar-refractivity contribution in [2.45, 2.75) is 83.8 Å². The maximum Gasteiger partial charge on any atom is 0.156 e. The van der Waals surface area contributed by atoms with E-state index < -0.39 is 5.60 Å². The fraction of sp³-hybridized carbons (Fsp3) is 0.760. The largest absolute Gasteiger partial charge is 0.378 e. The van der Waals surface area contributed by atoms with Crippen molar-refractivity contribution in [1.82, 2.24) is 9.55 Å². The molecule has 0 spiro atoms. The minimum atomic E-state index is -0.902. The molecule has 0 radical (unpaired) electrons. The minimum absolute atomic E-state index is 0.148. The number of fused-ring (bicyclic) bond motifs is 1. The van der Waals surface area contributed by atoms with E-state index in [9.17, 15) is 9.90 Å². The molecule has 5 heteroatoms. The summed E-state index contributed by atoms with van der Waals surface area (Å²) in [5.74, 6) is 5.95. The first-order valence-corrected chi connectivity index (χ1v) is 12.1. The lowest BCUT2D eigenvalue weighted by Crippen LogP contribution is -2.44. The topological polar surface area (TPSA) is 55.1 Å². The highest BCUT2D eigenvalue weighted by Gasteiger charge is 2.53. The van der Waals surface area contributed by atoms with Gasteiger partial charge in [-0.15, -0.1) is 0 Å². The lowest BCUT2D eigenvalue weighted by molar-refractivity contribution is -0.128. The SMILES string of the molecule is CCC1CC(O)(C#CCl)CCC1C1CCC2(C)C(CCC2C(=O)Cn2ccnc2)C1. The maximum absolute atomic E-state index is 13.1. The van der Waals surface area contributed by atoms with Crippen molar-refractivity contribution >= 4 is 17.4 Å². The van der Waals surface area contributed by atoms with E-state index in [0.29, 0.717) is 36.0 Å². The quantitative estimate of drug-likeness (QED) is 0.665. The molecule has 3 aliphatic rings. The van der Waals surface area contributed by atoms with Crippen LogP contribution < -0.4 is 0 Å². The molecule has 1 aromatic rings. The first-order chi connectivity index (χ1) is 14.4. The van der Waals surface area contributed by atoms with E-state index in [0.717, 1.165) is 38.5 Å². The number of aromatic nitrogens is 2. The highest BCUT2D eigenvalue weighted by molar-refractivity contribution is 6.30. The molecule has 7 unspecified atom stereocenters. The summed E-state index contributed by atoms with van der Waals surface area (Å²) in [5, 5.41) is 13.2. The standard InChI is InChI=1S/C25H35ClN2O2/c1-3-18-15-25(30,10-11-26)9-7-21(18)19-6-8-24(2)20(14-19)4-5-22(24)23(29)16-28-13-12-27-17-28/h12-13,17-22,30H,3-9,14-16H2,1-2H3. The van der Waals surface area contributed by atoms with Gasteiger partial charge in [0, 0.05) is 23.7 Å². The zero-order valence-corrected chi connectivity index (χ0v) is 19.1. The van der Waals surface area contributed by atoms with Crippen LogP contribution in [0.15, 0.2) is 18.7 Å². The molecule has 0 bridgehead atoms. The Hall–Kier alpha value is -1.31. The molecule has 4 nitrogen and oxygen atoms in total. The number of rotatable bonds is 5. The van der Waals surface area contributed by atoms with E-state index >= 15 is 0 Å². The van der Waals surface area contributed by atoms with Crippen molar-refractivity contribution in [3.05, 3.63) is 18.7 Å². The zero-order chi connectivity index (χ0) is 21.4. The van der Waals surface area contributed by atoms with Gasteiger partial charge in [-0.3, -0.25) is 4.79 Å². The number of nitrogens with zero attached hydrogens (tertiary/aromatic N) is 2. The first-order valence-electron chi connectivity index (χ1n) is 11.7. The van der Waals surface area contributed by atoms with E-state index in [-0.39, 0.29) is 11.3 Å². The van der Waals surface area contributed by atoms with Gasteiger partial charge in [-0.25, -0.2) is 4.98 Å². The summed E-state index contributed by atoms with van der Waals surface area (Å²) in [6.07, 6.45) is 14.8. The van der Waals surface area contributed by atoms with E-state index in [1.54, 1.807) is 12.5 Å². The second-order valence-corrected chi connectivity index (χ2v) is 10.6. The molecule has 3 aliphatic carbocycles. The average molecular weight is 431 g/mol. The summed E-state index contributed by atoms with van der Waals surface area (Å²) in [6.45, 7) is 5.08. The van der Waals surface area contributed by atoms with Crippen LogP contribution in [-0.4, -0.2) is 26.0 Å². The third-order valence-electron chi connectivity index (χ3n) is 8.97. The van der Waals surface area contributed by atoms with Crippen LogP contribution in [0.3, 0.4) is 0 Å². The number of imidazole rings is 1. The molecule has 0 amide bonds. The molecule has 1 N–H and O–H groups in total. The number of Topliss-reactive ketones (excluding diaryl/α,β-unsaturated/α-hetero) is 1. The second kappa shape index (κ2) is 8.67. The summed E-state index contributed by atoms with van der Waals surface area (Å²) in [7, 11) is 0. The number of hydrogen-bond acceptors (Lipinski definition) is 3. The number of aliphatic hydroxyl groups is 1. The number of carbonyl (C=O) groups is 1. The van der Waals surface area contributed by atoms with Gasteiger partial charge < -0.3 is 9.67 Å². The summed E-state index contributed by atoms with van der Waals surface area (Å²) in [6, 6.07) is 0. The molecule has 30 heavy (non-hydrogen) atoms. The monoisotopic (exact) mass is 430 g/mol. The van der Waals surface area contributed by atoms with E-state index in [1.165, 1.54) is 19.3 Å². The lowest BCUT2D eigenvalue weighted by Gasteiger charge is -2.49. The number of ketones is 1. The van der Waals surface area contributed by atoms with Gasteiger partial charge in [0.2, 0.25) is 0 Å². The van der Waals surface area contributed by atoms with Gasteiger partial charge in [0.1, 0.15) is 5.60 Å². The van der Waals surface area contributed by atoms with Gasteiger partial charge in [0.05, 0.1) is 12.9 Å². The second-order valence-electron chi connectivity index (χ2n) is 10.4. The Bertz CT molecular complexity index is 813. The predicted molar refractivity (Wildman–Crippen MR) is 119 cm³/mol. The van der Waals surface area contributed by atoms with E-state index in [2.05, 4.69) is 30.1 Å². The molecule has 0 aliphatic heterocycles. The lowest BCUT2D eigenvalue weighted by atomic mass is 9.56. The molecule has 4 rings (SSSR count). The normalized spacial score (nSPS) is 41.0. The predicted octanol–water partition coefficient (Wildman–Crippen LogP) is 5.04. The van der Waals surface area contributed by atoms with Gasteiger partial charge in [-0.2, -0.15) is 0 Å². The summed E-state index contributed by atoms with van der Waals surface area (Å²) in [5.41, 5.74) is -0.754. The Kier molecular flexibility index (Phi) is 6.33. The Morgan fingerprint density at radius 1 is 1.30 bits per heavy atom. The van der Waals surface area contributed by atoms with Crippen LogP contribution in [0.1, 0.15) is 71.6 Å². The highest BCUT2D eigenvalue weighted by Crippen LogP contribution is 2.59. The molecule has 1 heterocycles. The van der Waals surface area contributed by atoms with Gasteiger partial charge in [0.15, 0.2) is 5.78 Å². The van der Waals surface area contributed by atoms with Crippen molar-refractivity contribution in [2.24, 2.45) is 35.0 Å². The number of carbonyl (C=O) groups excluding carboxylic acids is 1. The summed E-state index contributed by atoms with van der Waals surface area (Å²) in [4.78, 5) is 17.2. The Labute approximate surface area is 185 Å². The molecule has 0 saturated heterocycles. The third-order valence-corrected chi connectivity index (χ3v) is 9.06. The van der Waals surface area contributed by atoms with Crippen molar-refractivity contribution in [3.8, 4) is 11.3 Å². The van der Waals surface area contributed by atoms with Crippen LogP contribution in [0.5, 0.6) is 0 Å². The average Bonchev–Trinajstić information content (AvgIpc) is 3.34. The molecular formula is C25H35ClN2O2. The molecular weight excluding hydrogens is 396 g/mol. The minimum Gasteiger partial charge on any atom is -0.378 e. The molecule has 7 atom stereocenters. The summed E-state index contributed by atoms with van der Waals surface area (Å²) >= 11 is 5.61. The molecule has 164 valence electrons. The Morgan fingerprint density at radius 2 is 2.13 bits per heavy atom. The Balaban J connectivity index is 1.42. The van der Waals surface area contributed by atoms with Crippen molar-refractivity contribution in [2.75, 3.05) is 0 Å². The van der Waals surface area contributed by atoms with Crippen molar-refractivity contribution < 1.29 is 9.90 Å². The van der Waals surface area contributed by atoms with E-state index in [1.807, 2.05) is 10.8 Å². The van der Waals surface area contributed by atoms with E-state index in [4.69, 9.17) is 11.6 Å². The Morgan fingerprint density at radius 3 is 2.83 bits per heavy atom.